The number of fused-ring (bicyclic) bond motifs is 1. The van der Waals surface area contributed by atoms with Gasteiger partial charge in [-0.05, 0) is 43.3 Å². The number of ketones is 1. The van der Waals surface area contributed by atoms with Crippen molar-refractivity contribution in [2.24, 2.45) is 0 Å². The van der Waals surface area contributed by atoms with E-state index in [1.807, 2.05) is 13.0 Å². The quantitative estimate of drug-likeness (QED) is 0.399. The standard InChI is InChI=1S/C21H14O5/c1-13-7-8-15(24-13)12-19-20(22)17-10-9-16(11-18(17)26-19)25-21(23)14-5-3-2-4-6-14/h2-12H,1H3/b19-12-. The minimum Gasteiger partial charge on any atom is -0.462 e. The first-order valence-electron chi connectivity index (χ1n) is 8.02. The highest BCUT2D eigenvalue weighted by molar-refractivity contribution is 6.14. The molecule has 1 aromatic heterocycles. The smallest absolute Gasteiger partial charge is 0.343 e. The molecule has 0 spiro atoms. The molecule has 5 heteroatoms. The van der Waals surface area contributed by atoms with Gasteiger partial charge in [0.25, 0.3) is 0 Å². The number of carbonyl (C=O) groups excluding carboxylic acids is 2. The summed E-state index contributed by atoms with van der Waals surface area (Å²) in [5, 5.41) is 0. The Hall–Kier alpha value is -3.60. The summed E-state index contributed by atoms with van der Waals surface area (Å²) in [5.74, 6) is 1.39. The Balaban J connectivity index is 1.56. The Morgan fingerprint density at radius 2 is 1.85 bits per heavy atom. The van der Waals surface area contributed by atoms with E-state index in [9.17, 15) is 9.59 Å². The average molecular weight is 346 g/mol. The van der Waals surface area contributed by atoms with Crippen molar-refractivity contribution in [1.82, 2.24) is 0 Å². The molecule has 5 nitrogen and oxygen atoms in total. The van der Waals surface area contributed by atoms with Crippen LogP contribution in [0.3, 0.4) is 0 Å². The summed E-state index contributed by atoms with van der Waals surface area (Å²) in [5.41, 5.74) is 0.859. The van der Waals surface area contributed by atoms with Crippen molar-refractivity contribution in [2.45, 2.75) is 6.92 Å². The molecule has 0 amide bonds. The number of aryl methyl sites for hydroxylation is 1. The van der Waals surface area contributed by atoms with Gasteiger partial charge in [0.1, 0.15) is 23.0 Å². The molecule has 2 heterocycles. The van der Waals surface area contributed by atoms with Crippen LogP contribution >= 0.6 is 0 Å². The minimum atomic E-state index is -0.475. The molecular formula is C21H14O5. The van der Waals surface area contributed by atoms with Gasteiger partial charge >= 0.3 is 5.97 Å². The normalized spacial score (nSPS) is 14.2. The van der Waals surface area contributed by atoms with Crippen molar-refractivity contribution in [3.05, 3.63) is 89.1 Å². The third-order valence-corrected chi connectivity index (χ3v) is 3.90. The third-order valence-electron chi connectivity index (χ3n) is 3.90. The molecule has 0 N–H and O–H groups in total. The van der Waals surface area contributed by atoms with Gasteiger partial charge in [-0.3, -0.25) is 4.79 Å². The number of Topliss-reactive ketones (excluding diaryl/α,β-unsaturated/α-hetero) is 1. The third kappa shape index (κ3) is 3.02. The predicted molar refractivity (Wildman–Crippen MR) is 94.2 cm³/mol. The van der Waals surface area contributed by atoms with Crippen LogP contribution in [-0.4, -0.2) is 11.8 Å². The van der Waals surface area contributed by atoms with Crippen LogP contribution in [0.1, 0.15) is 32.2 Å². The highest BCUT2D eigenvalue weighted by atomic mass is 16.5. The van der Waals surface area contributed by atoms with E-state index in [0.29, 0.717) is 28.4 Å². The van der Waals surface area contributed by atoms with Crippen molar-refractivity contribution in [1.29, 1.82) is 0 Å². The zero-order chi connectivity index (χ0) is 18.1. The van der Waals surface area contributed by atoms with Gasteiger partial charge in [-0.25, -0.2) is 4.79 Å². The summed E-state index contributed by atoms with van der Waals surface area (Å²) in [6.45, 7) is 1.82. The van der Waals surface area contributed by atoms with Crippen molar-refractivity contribution in [2.75, 3.05) is 0 Å². The Kier molecular flexibility index (Phi) is 3.89. The lowest BCUT2D eigenvalue weighted by atomic mass is 10.1. The SMILES string of the molecule is Cc1ccc(/C=C2\Oc3cc(OC(=O)c4ccccc4)ccc3C2=O)o1. The molecule has 0 fully saturated rings. The number of hydrogen-bond acceptors (Lipinski definition) is 5. The fourth-order valence-corrected chi connectivity index (χ4v) is 2.63. The maximum atomic E-state index is 12.4. The predicted octanol–water partition coefficient (Wildman–Crippen LogP) is 4.42. The monoisotopic (exact) mass is 346 g/mol. The highest BCUT2D eigenvalue weighted by Gasteiger charge is 2.28. The van der Waals surface area contributed by atoms with E-state index >= 15 is 0 Å². The number of benzene rings is 2. The maximum absolute atomic E-state index is 12.4. The van der Waals surface area contributed by atoms with Gasteiger partial charge < -0.3 is 13.9 Å². The molecular weight excluding hydrogens is 332 g/mol. The molecule has 0 atom stereocenters. The van der Waals surface area contributed by atoms with Crippen LogP contribution in [0.2, 0.25) is 0 Å². The molecule has 4 rings (SSSR count). The van der Waals surface area contributed by atoms with Crippen LogP contribution in [-0.2, 0) is 0 Å². The van der Waals surface area contributed by atoms with Crippen LogP contribution in [0.5, 0.6) is 11.5 Å². The Bertz CT molecular complexity index is 1030. The van der Waals surface area contributed by atoms with Gasteiger partial charge in [-0.15, -0.1) is 0 Å². The van der Waals surface area contributed by atoms with Crippen molar-refractivity contribution in [3.63, 3.8) is 0 Å². The van der Waals surface area contributed by atoms with Crippen LogP contribution < -0.4 is 9.47 Å². The number of esters is 1. The first-order chi connectivity index (χ1) is 12.6. The molecule has 3 aromatic rings. The molecule has 1 aliphatic rings. The lowest BCUT2D eigenvalue weighted by molar-refractivity contribution is 0.0734. The number of allylic oxidation sites excluding steroid dienone is 1. The second-order valence-electron chi connectivity index (χ2n) is 5.80. The van der Waals surface area contributed by atoms with Crippen LogP contribution in [0.15, 0.2) is 70.8 Å². The van der Waals surface area contributed by atoms with Gasteiger partial charge in [-0.2, -0.15) is 0 Å². The van der Waals surface area contributed by atoms with E-state index < -0.39 is 5.97 Å². The maximum Gasteiger partial charge on any atom is 0.343 e. The molecule has 2 aromatic carbocycles. The summed E-state index contributed by atoms with van der Waals surface area (Å²) in [6.07, 6.45) is 1.55. The second kappa shape index (κ2) is 6.37. The molecule has 0 saturated heterocycles. The van der Waals surface area contributed by atoms with E-state index in [1.54, 1.807) is 54.6 Å². The molecule has 0 bridgehead atoms. The van der Waals surface area contributed by atoms with E-state index in [4.69, 9.17) is 13.9 Å². The van der Waals surface area contributed by atoms with Gasteiger partial charge in [0.05, 0.1) is 11.1 Å². The van der Waals surface area contributed by atoms with Crippen molar-refractivity contribution in [3.8, 4) is 11.5 Å². The second-order valence-corrected chi connectivity index (χ2v) is 5.80. The molecule has 0 aliphatic carbocycles. The summed E-state index contributed by atoms with van der Waals surface area (Å²) in [6, 6.07) is 16.9. The minimum absolute atomic E-state index is 0.167. The highest BCUT2D eigenvalue weighted by Crippen LogP contribution is 2.35. The first kappa shape index (κ1) is 15.9. The van der Waals surface area contributed by atoms with E-state index in [2.05, 4.69) is 0 Å². The molecule has 0 radical (unpaired) electrons. The zero-order valence-electron chi connectivity index (χ0n) is 13.9. The molecule has 1 aliphatic heterocycles. The van der Waals surface area contributed by atoms with Crippen LogP contribution in [0.25, 0.3) is 6.08 Å². The van der Waals surface area contributed by atoms with E-state index in [0.717, 1.165) is 5.76 Å². The molecule has 128 valence electrons. The van der Waals surface area contributed by atoms with E-state index in [1.165, 1.54) is 6.07 Å². The Labute approximate surface area is 149 Å². The van der Waals surface area contributed by atoms with Gasteiger partial charge in [-0.1, -0.05) is 18.2 Å². The first-order valence-corrected chi connectivity index (χ1v) is 8.02. The number of ether oxygens (including phenoxy) is 2. The number of carbonyl (C=O) groups is 2. The van der Waals surface area contributed by atoms with Gasteiger partial charge in [0.15, 0.2) is 5.76 Å². The number of rotatable bonds is 3. The zero-order valence-corrected chi connectivity index (χ0v) is 13.9. The van der Waals surface area contributed by atoms with E-state index in [-0.39, 0.29) is 11.5 Å². The Morgan fingerprint density at radius 1 is 1.04 bits per heavy atom. The molecule has 0 saturated carbocycles. The van der Waals surface area contributed by atoms with Gasteiger partial charge in [0, 0.05) is 12.1 Å². The van der Waals surface area contributed by atoms with Crippen LogP contribution in [0.4, 0.5) is 0 Å². The number of furan rings is 1. The van der Waals surface area contributed by atoms with Gasteiger partial charge in [0.2, 0.25) is 5.78 Å². The topological polar surface area (TPSA) is 65.7 Å². The van der Waals surface area contributed by atoms with Crippen molar-refractivity contribution >= 4 is 17.8 Å². The lowest BCUT2D eigenvalue weighted by Crippen LogP contribution is -2.08. The summed E-state index contributed by atoms with van der Waals surface area (Å²) >= 11 is 0. The number of hydrogen-bond donors (Lipinski definition) is 0. The Morgan fingerprint density at radius 3 is 2.58 bits per heavy atom. The fraction of sp³-hybridized carbons (Fsp3) is 0.0476. The average Bonchev–Trinajstić information content (AvgIpc) is 3.19. The molecule has 0 unspecified atom stereocenters. The summed E-state index contributed by atoms with van der Waals surface area (Å²) in [7, 11) is 0. The van der Waals surface area contributed by atoms with Crippen molar-refractivity contribution < 1.29 is 23.5 Å². The largest absolute Gasteiger partial charge is 0.462 e. The lowest BCUT2D eigenvalue weighted by Gasteiger charge is -2.05. The molecule has 26 heavy (non-hydrogen) atoms. The fourth-order valence-electron chi connectivity index (χ4n) is 2.63. The summed E-state index contributed by atoms with van der Waals surface area (Å²) in [4.78, 5) is 24.6. The van der Waals surface area contributed by atoms with Crippen LogP contribution in [0, 0.1) is 6.92 Å². The summed E-state index contributed by atoms with van der Waals surface area (Å²) < 4.78 is 16.4.